The second-order valence-corrected chi connectivity index (χ2v) is 4.33. The van der Waals surface area contributed by atoms with Gasteiger partial charge < -0.3 is 15.5 Å². The Morgan fingerprint density at radius 2 is 2.05 bits per heavy atom. The monoisotopic (exact) mass is 257 g/mol. The molecule has 0 fully saturated rings. The van der Waals surface area contributed by atoms with E-state index in [0.29, 0.717) is 23.0 Å². The Hall–Kier alpha value is -2.56. The van der Waals surface area contributed by atoms with E-state index in [-0.39, 0.29) is 5.82 Å². The molecule has 5 heteroatoms. The number of aromatic amines is 1. The van der Waals surface area contributed by atoms with Crippen LogP contribution in [-0.4, -0.2) is 9.97 Å². The maximum absolute atomic E-state index is 13.4. The number of nitrogen functional groups attached to an aromatic ring is 1. The topological polar surface area (TPSA) is 63.9 Å². The van der Waals surface area contributed by atoms with Gasteiger partial charge in [-0.1, -0.05) is 6.07 Å². The van der Waals surface area contributed by atoms with Crippen LogP contribution in [0.25, 0.3) is 11.0 Å². The molecule has 0 saturated heterocycles. The summed E-state index contributed by atoms with van der Waals surface area (Å²) < 4.78 is 18.9. The second kappa shape index (κ2) is 4.28. The SMILES string of the molecule is Cc1ccc(Oc2nc3ccc(N)cc3[nH]2)cc1F. The van der Waals surface area contributed by atoms with Crippen LogP contribution in [-0.2, 0) is 0 Å². The Bertz CT molecular complexity index is 752. The number of rotatable bonds is 2. The average molecular weight is 257 g/mol. The van der Waals surface area contributed by atoms with E-state index in [1.165, 1.54) is 6.07 Å². The highest BCUT2D eigenvalue weighted by molar-refractivity contribution is 5.79. The van der Waals surface area contributed by atoms with Crippen LogP contribution in [0, 0.1) is 12.7 Å². The van der Waals surface area contributed by atoms with Gasteiger partial charge in [-0.05, 0) is 36.8 Å². The van der Waals surface area contributed by atoms with Gasteiger partial charge in [-0.2, -0.15) is 4.98 Å². The van der Waals surface area contributed by atoms with Crippen molar-refractivity contribution in [3.63, 3.8) is 0 Å². The summed E-state index contributed by atoms with van der Waals surface area (Å²) in [5.74, 6) is 0.0907. The Kier molecular flexibility index (Phi) is 2.59. The lowest BCUT2D eigenvalue weighted by Gasteiger charge is -2.02. The predicted molar refractivity (Wildman–Crippen MR) is 71.7 cm³/mol. The Morgan fingerprint density at radius 3 is 2.84 bits per heavy atom. The van der Waals surface area contributed by atoms with Gasteiger partial charge in [0.15, 0.2) is 0 Å². The lowest BCUT2D eigenvalue weighted by atomic mass is 10.2. The van der Waals surface area contributed by atoms with Crippen molar-refractivity contribution in [3.8, 4) is 11.8 Å². The minimum absolute atomic E-state index is 0.308. The van der Waals surface area contributed by atoms with E-state index in [1.807, 2.05) is 0 Å². The van der Waals surface area contributed by atoms with Gasteiger partial charge in [-0.15, -0.1) is 0 Å². The maximum Gasteiger partial charge on any atom is 0.300 e. The van der Waals surface area contributed by atoms with Crippen LogP contribution >= 0.6 is 0 Å². The number of aryl methyl sites for hydroxylation is 1. The van der Waals surface area contributed by atoms with Gasteiger partial charge in [-0.3, -0.25) is 0 Å². The van der Waals surface area contributed by atoms with E-state index in [4.69, 9.17) is 10.5 Å². The predicted octanol–water partition coefficient (Wildman–Crippen LogP) is 3.38. The van der Waals surface area contributed by atoms with E-state index in [2.05, 4.69) is 9.97 Å². The summed E-state index contributed by atoms with van der Waals surface area (Å²) in [6.07, 6.45) is 0. The number of anilines is 1. The number of nitrogens with one attached hydrogen (secondary N) is 1. The molecule has 0 atom stereocenters. The third kappa shape index (κ3) is 2.22. The molecule has 0 spiro atoms. The van der Waals surface area contributed by atoms with Crippen molar-refractivity contribution in [1.82, 2.24) is 9.97 Å². The molecule has 0 aliphatic heterocycles. The van der Waals surface area contributed by atoms with Crippen LogP contribution in [0.5, 0.6) is 11.8 Å². The first-order valence-corrected chi connectivity index (χ1v) is 5.81. The number of benzene rings is 2. The number of halogens is 1. The largest absolute Gasteiger partial charge is 0.426 e. The molecule has 0 bridgehead atoms. The van der Waals surface area contributed by atoms with Gasteiger partial charge in [-0.25, -0.2) is 4.39 Å². The van der Waals surface area contributed by atoms with Gasteiger partial charge in [0.1, 0.15) is 11.6 Å². The molecule has 3 rings (SSSR count). The van der Waals surface area contributed by atoms with Gasteiger partial charge in [0.05, 0.1) is 11.0 Å². The fraction of sp³-hybridized carbons (Fsp3) is 0.0714. The molecule has 3 aromatic rings. The molecule has 2 aromatic carbocycles. The Morgan fingerprint density at radius 1 is 1.21 bits per heavy atom. The summed E-state index contributed by atoms with van der Waals surface area (Å²) in [6.45, 7) is 1.70. The first kappa shape index (κ1) is 11.5. The van der Waals surface area contributed by atoms with E-state index < -0.39 is 0 Å². The zero-order valence-corrected chi connectivity index (χ0v) is 10.3. The standard InChI is InChI=1S/C14H12FN3O/c1-8-2-4-10(7-11(8)15)19-14-17-12-5-3-9(16)6-13(12)18-14/h2-7H,16H2,1H3,(H,17,18). The van der Waals surface area contributed by atoms with Gasteiger partial charge in [0.2, 0.25) is 0 Å². The van der Waals surface area contributed by atoms with Crippen LogP contribution < -0.4 is 10.5 Å². The number of aromatic nitrogens is 2. The molecule has 0 radical (unpaired) electrons. The van der Waals surface area contributed by atoms with E-state index in [9.17, 15) is 4.39 Å². The van der Waals surface area contributed by atoms with E-state index in [0.717, 1.165) is 11.0 Å². The lowest BCUT2D eigenvalue weighted by molar-refractivity contribution is 0.444. The van der Waals surface area contributed by atoms with E-state index in [1.54, 1.807) is 37.3 Å². The molecule has 0 aliphatic carbocycles. The summed E-state index contributed by atoms with van der Waals surface area (Å²) >= 11 is 0. The van der Waals surface area contributed by atoms with Crippen molar-refractivity contribution in [2.24, 2.45) is 0 Å². The van der Waals surface area contributed by atoms with Crippen molar-refractivity contribution in [2.45, 2.75) is 6.92 Å². The average Bonchev–Trinajstić information content (AvgIpc) is 2.75. The summed E-state index contributed by atoms with van der Waals surface area (Å²) in [7, 11) is 0. The molecule has 96 valence electrons. The van der Waals surface area contributed by atoms with Gasteiger partial charge in [0.25, 0.3) is 6.01 Å². The van der Waals surface area contributed by atoms with Crippen molar-refractivity contribution in [2.75, 3.05) is 5.73 Å². The van der Waals surface area contributed by atoms with Crippen molar-refractivity contribution in [1.29, 1.82) is 0 Å². The first-order valence-electron chi connectivity index (χ1n) is 5.81. The van der Waals surface area contributed by atoms with Crippen LogP contribution in [0.3, 0.4) is 0 Å². The number of hydrogen-bond donors (Lipinski definition) is 2. The maximum atomic E-state index is 13.4. The number of nitrogens with two attached hydrogens (primary N) is 1. The third-order valence-electron chi connectivity index (χ3n) is 2.84. The third-order valence-corrected chi connectivity index (χ3v) is 2.84. The highest BCUT2D eigenvalue weighted by Crippen LogP contribution is 2.24. The quantitative estimate of drug-likeness (QED) is 0.692. The highest BCUT2D eigenvalue weighted by Gasteiger charge is 2.06. The molecule has 4 nitrogen and oxygen atoms in total. The minimum atomic E-state index is -0.308. The zero-order chi connectivity index (χ0) is 13.4. The molecule has 1 aromatic heterocycles. The first-order chi connectivity index (χ1) is 9.11. The smallest absolute Gasteiger partial charge is 0.300 e. The second-order valence-electron chi connectivity index (χ2n) is 4.33. The number of H-pyrrole nitrogens is 1. The van der Waals surface area contributed by atoms with Crippen LogP contribution in [0.2, 0.25) is 0 Å². The number of ether oxygens (including phenoxy) is 1. The molecule has 0 aliphatic rings. The van der Waals surface area contributed by atoms with Crippen molar-refractivity contribution >= 4 is 16.7 Å². The fourth-order valence-corrected chi connectivity index (χ4v) is 1.80. The number of fused-ring (bicyclic) bond motifs is 1. The molecule has 1 heterocycles. The number of imidazole rings is 1. The van der Waals surface area contributed by atoms with Crippen LogP contribution in [0.4, 0.5) is 10.1 Å². The normalized spacial score (nSPS) is 10.8. The number of nitrogens with zero attached hydrogens (tertiary/aromatic N) is 1. The Labute approximate surface area is 109 Å². The summed E-state index contributed by atoms with van der Waals surface area (Å²) in [4.78, 5) is 7.23. The molecule has 0 saturated carbocycles. The van der Waals surface area contributed by atoms with Crippen molar-refractivity contribution < 1.29 is 9.13 Å². The Balaban J connectivity index is 1.94. The minimum Gasteiger partial charge on any atom is -0.426 e. The molecular formula is C14H12FN3O. The van der Waals surface area contributed by atoms with Gasteiger partial charge >= 0.3 is 0 Å². The van der Waals surface area contributed by atoms with Gasteiger partial charge in [0, 0.05) is 11.8 Å². The summed E-state index contributed by atoms with van der Waals surface area (Å²) in [5.41, 5.74) is 8.43. The van der Waals surface area contributed by atoms with Crippen molar-refractivity contribution in [3.05, 3.63) is 47.8 Å². The summed E-state index contributed by atoms with van der Waals surface area (Å²) in [6, 6.07) is 10.3. The fourth-order valence-electron chi connectivity index (χ4n) is 1.80. The summed E-state index contributed by atoms with van der Waals surface area (Å²) in [5, 5.41) is 0. The van der Waals surface area contributed by atoms with Crippen LogP contribution in [0.1, 0.15) is 5.56 Å². The molecular weight excluding hydrogens is 245 g/mol. The molecule has 19 heavy (non-hydrogen) atoms. The zero-order valence-electron chi connectivity index (χ0n) is 10.3. The van der Waals surface area contributed by atoms with Crippen LogP contribution in [0.15, 0.2) is 36.4 Å². The molecule has 3 N–H and O–H groups in total. The number of hydrogen-bond acceptors (Lipinski definition) is 3. The lowest BCUT2D eigenvalue weighted by Crippen LogP contribution is -1.88. The molecule has 0 unspecified atom stereocenters. The highest BCUT2D eigenvalue weighted by atomic mass is 19.1. The van der Waals surface area contributed by atoms with E-state index >= 15 is 0 Å². The molecule has 0 amide bonds.